The van der Waals surface area contributed by atoms with Crippen LogP contribution >= 0.6 is 0 Å². The molecule has 0 atom stereocenters. The van der Waals surface area contributed by atoms with Crippen molar-refractivity contribution in [1.82, 2.24) is 0 Å². The average Bonchev–Trinajstić information content (AvgIpc) is 2.40. The lowest BCUT2D eigenvalue weighted by atomic mass is 10.2. The van der Waals surface area contributed by atoms with Crippen LogP contribution in [0, 0.1) is 11.3 Å². The number of hydrogen-bond donors (Lipinski definition) is 2. The summed E-state index contributed by atoms with van der Waals surface area (Å²) in [5.74, 6) is 0.410. The van der Waals surface area contributed by atoms with Gasteiger partial charge in [0.2, 0.25) is 10.0 Å². The molecule has 2 aromatic rings. The first kappa shape index (κ1) is 13.9. The van der Waals surface area contributed by atoms with E-state index in [1.807, 2.05) is 6.07 Å². The molecule has 0 saturated carbocycles. The van der Waals surface area contributed by atoms with Crippen molar-refractivity contribution < 1.29 is 13.2 Å². The van der Waals surface area contributed by atoms with Crippen LogP contribution in [-0.2, 0) is 10.0 Å². The van der Waals surface area contributed by atoms with Crippen molar-refractivity contribution in [2.75, 3.05) is 5.73 Å². The Hall–Kier alpha value is -2.56. The molecule has 4 N–H and O–H groups in total. The number of benzene rings is 2. The molecule has 102 valence electrons. The molecule has 0 unspecified atom stereocenters. The fourth-order valence-corrected chi connectivity index (χ4v) is 2.08. The normalized spacial score (nSPS) is 10.8. The van der Waals surface area contributed by atoms with Crippen molar-refractivity contribution in [2.24, 2.45) is 5.14 Å². The first-order valence-electron chi connectivity index (χ1n) is 5.51. The van der Waals surface area contributed by atoms with Gasteiger partial charge in [0.25, 0.3) is 0 Å². The van der Waals surface area contributed by atoms with E-state index in [2.05, 4.69) is 0 Å². The minimum atomic E-state index is -3.85. The predicted octanol–water partition coefficient (Wildman–Crippen LogP) is 1.58. The Morgan fingerprint density at radius 1 is 1.10 bits per heavy atom. The zero-order chi connectivity index (χ0) is 14.8. The lowest BCUT2D eigenvalue weighted by Crippen LogP contribution is -2.12. The van der Waals surface area contributed by atoms with E-state index < -0.39 is 10.0 Å². The van der Waals surface area contributed by atoms with Gasteiger partial charge in [0, 0.05) is 6.07 Å². The Balaban J connectivity index is 2.46. The maximum Gasteiger partial charge on any atom is 0.238 e. The van der Waals surface area contributed by atoms with Gasteiger partial charge in [0.15, 0.2) is 5.75 Å². The number of hydrogen-bond acceptors (Lipinski definition) is 5. The van der Waals surface area contributed by atoms with Crippen molar-refractivity contribution in [3.05, 3.63) is 48.0 Å². The molecule has 2 aromatic carbocycles. The largest absolute Gasteiger partial charge is 0.454 e. The highest BCUT2D eigenvalue weighted by molar-refractivity contribution is 7.89. The second-order valence-corrected chi connectivity index (χ2v) is 5.52. The summed E-state index contributed by atoms with van der Waals surface area (Å²) < 4.78 is 28.1. The number of para-hydroxylation sites is 1. The number of sulfonamides is 1. The number of primary sulfonamides is 1. The average molecular weight is 289 g/mol. The summed E-state index contributed by atoms with van der Waals surface area (Å²) in [5, 5.41) is 14.0. The van der Waals surface area contributed by atoms with Gasteiger partial charge in [0.05, 0.1) is 16.1 Å². The van der Waals surface area contributed by atoms with Gasteiger partial charge in [0.1, 0.15) is 11.8 Å². The molecule has 0 aliphatic rings. The highest BCUT2D eigenvalue weighted by Gasteiger charge is 2.13. The van der Waals surface area contributed by atoms with Gasteiger partial charge in [-0.15, -0.1) is 0 Å². The van der Waals surface area contributed by atoms with E-state index in [0.29, 0.717) is 5.56 Å². The molecule has 2 rings (SSSR count). The summed E-state index contributed by atoms with van der Waals surface area (Å²) in [5.41, 5.74) is 6.28. The topological polar surface area (TPSA) is 119 Å². The van der Waals surface area contributed by atoms with Crippen LogP contribution in [0.3, 0.4) is 0 Å². The summed E-state index contributed by atoms with van der Waals surface area (Å²) in [6.45, 7) is 0. The summed E-state index contributed by atoms with van der Waals surface area (Å²) in [4.78, 5) is -0.115. The van der Waals surface area contributed by atoms with E-state index in [4.69, 9.17) is 20.9 Å². The number of nitrogens with zero attached hydrogens (tertiary/aromatic N) is 1. The van der Waals surface area contributed by atoms with Gasteiger partial charge in [-0.2, -0.15) is 5.26 Å². The van der Waals surface area contributed by atoms with Gasteiger partial charge in [-0.1, -0.05) is 12.1 Å². The van der Waals surface area contributed by atoms with E-state index in [-0.39, 0.29) is 22.1 Å². The molecule has 0 bridgehead atoms. The molecule has 0 aliphatic carbocycles. The van der Waals surface area contributed by atoms with Crippen LogP contribution in [0.5, 0.6) is 11.5 Å². The Kier molecular flexibility index (Phi) is 3.61. The summed E-state index contributed by atoms with van der Waals surface area (Å²) in [6.07, 6.45) is 0. The van der Waals surface area contributed by atoms with E-state index in [1.54, 1.807) is 24.3 Å². The standard InChI is InChI=1S/C13H11N3O3S/c14-8-9-3-1-2-4-12(9)19-13-7-10(20(16,17)18)5-6-11(13)15/h1-7H,15H2,(H2,16,17,18). The number of nitriles is 1. The highest BCUT2D eigenvalue weighted by Crippen LogP contribution is 2.31. The van der Waals surface area contributed by atoms with Crippen LogP contribution in [0.4, 0.5) is 5.69 Å². The summed E-state index contributed by atoms with van der Waals surface area (Å²) in [6, 6.07) is 12.4. The third-order valence-corrected chi connectivity index (χ3v) is 3.45. The SMILES string of the molecule is N#Cc1ccccc1Oc1cc(S(N)(=O)=O)ccc1N. The van der Waals surface area contributed by atoms with Crippen molar-refractivity contribution in [3.63, 3.8) is 0 Å². The van der Waals surface area contributed by atoms with Crippen LogP contribution in [0.1, 0.15) is 5.56 Å². The van der Waals surface area contributed by atoms with E-state index in [0.717, 1.165) is 0 Å². The highest BCUT2D eigenvalue weighted by atomic mass is 32.2. The van der Waals surface area contributed by atoms with Crippen LogP contribution in [0.15, 0.2) is 47.4 Å². The zero-order valence-corrected chi connectivity index (χ0v) is 11.1. The fourth-order valence-electron chi connectivity index (χ4n) is 1.55. The van der Waals surface area contributed by atoms with Gasteiger partial charge >= 0.3 is 0 Å². The molecule has 20 heavy (non-hydrogen) atoms. The molecule has 6 nitrogen and oxygen atoms in total. The number of nitrogens with two attached hydrogens (primary N) is 2. The first-order valence-corrected chi connectivity index (χ1v) is 7.06. The van der Waals surface area contributed by atoms with E-state index in [9.17, 15) is 8.42 Å². The lowest BCUT2D eigenvalue weighted by Gasteiger charge is -2.10. The third-order valence-electron chi connectivity index (χ3n) is 2.54. The minimum absolute atomic E-state index is 0.115. The van der Waals surface area contributed by atoms with Gasteiger partial charge in [-0.3, -0.25) is 0 Å². The molecular formula is C13H11N3O3S. The van der Waals surface area contributed by atoms with Crippen molar-refractivity contribution in [2.45, 2.75) is 4.90 Å². The molecule has 7 heteroatoms. The van der Waals surface area contributed by atoms with Gasteiger partial charge in [-0.25, -0.2) is 13.6 Å². The van der Waals surface area contributed by atoms with Gasteiger partial charge < -0.3 is 10.5 Å². The second-order valence-electron chi connectivity index (χ2n) is 3.95. The second kappa shape index (κ2) is 5.21. The van der Waals surface area contributed by atoms with Crippen LogP contribution < -0.4 is 15.6 Å². The molecule has 0 heterocycles. The third kappa shape index (κ3) is 2.88. The monoisotopic (exact) mass is 289 g/mol. The zero-order valence-electron chi connectivity index (χ0n) is 10.3. The molecule has 0 amide bonds. The molecule has 0 fully saturated rings. The number of anilines is 1. The Bertz CT molecular complexity index is 795. The minimum Gasteiger partial charge on any atom is -0.454 e. The molecule has 0 saturated heterocycles. The van der Waals surface area contributed by atoms with Crippen LogP contribution in [-0.4, -0.2) is 8.42 Å². The quantitative estimate of drug-likeness (QED) is 0.831. The van der Waals surface area contributed by atoms with Gasteiger partial charge in [-0.05, 0) is 24.3 Å². The molecule has 0 radical (unpaired) electrons. The van der Waals surface area contributed by atoms with Crippen molar-refractivity contribution in [3.8, 4) is 17.6 Å². The van der Waals surface area contributed by atoms with Crippen LogP contribution in [0.25, 0.3) is 0 Å². The molecule has 0 aliphatic heterocycles. The molecule has 0 aromatic heterocycles. The van der Waals surface area contributed by atoms with E-state index >= 15 is 0 Å². The first-order chi connectivity index (χ1) is 9.41. The predicted molar refractivity (Wildman–Crippen MR) is 73.5 cm³/mol. The lowest BCUT2D eigenvalue weighted by molar-refractivity contribution is 0.481. The Morgan fingerprint density at radius 3 is 2.45 bits per heavy atom. The number of ether oxygens (including phenoxy) is 1. The number of rotatable bonds is 3. The molecule has 0 spiro atoms. The number of nitrogen functional groups attached to an aromatic ring is 1. The Morgan fingerprint density at radius 2 is 1.80 bits per heavy atom. The maximum absolute atomic E-state index is 11.3. The van der Waals surface area contributed by atoms with Crippen molar-refractivity contribution >= 4 is 15.7 Å². The summed E-state index contributed by atoms with van der Waals surface area (Å²) in [7, 11) is -3.85. The fraction of sp³-hybridized carbons (Fsp3) is 0. The smallest absolute Gasteiger partial charge is 0.238 e. The summed E-state index contributed by atoms with van der Waals surface area (Å²) >= 11 is 0. The van der Waals surface area contributed by atoms with Crippen molar-refractivity contribution in [1.29, 1.82) is 5.26 Å². The Labute approximate surface area is 116 Å². The maximum atomic E-state index is 11.3. The van der Waals surface area contributed by atoms with Crippen LogP contribution in [0.2, 0.25) is 0 Å². The van der Waals surface area contributed by atoms with E-state index in [1.165, 1.54) is 18.2 Å². The molecular weight excluding hydrogens is 278 g/mol.